The van der Waals surface area contributed by atoms with Gasteiger partial charge in [-0.1, -0.05) is 23.2 Å². The maximum absolute atomic E-state index is 12.1. The summed E-state index contributed by atoms with van der Waals surface area (Å²) in [5.74, 6) is -0.990. The van der Waals surface area contributed by atoms with Gasteiger partial charge in [-0.05, 0) is 31.2 Å². The van der Waals surface area contributed by atoms with Crippen LogP contribution in [0.5, 0.6) is 0 Å². The Bertz CT molecular complexity index is 974. The summed E-state index contributed by atoms with van der Waals surface area (Å²) in [6, 6.07) is 6.48. The molecule has 6 nitrogen and oxygen atoms in total. The van der Waals surface area contributed by atoms with E-state index in [0.717, 1.165) is 10.2 Å². The van der Waals surface area contributed by atoms with E-state index in [1.54, 1.807) is 30.6 Å². The molecular weight excluding hydrogens is 385 g/mol. The van der Waals surface area contributed by atoms with Gasteiger partial charge in [-0.3, -0.25) is 4.79 Å². The van der Waals surface area contributed by atoms with E-state index in [1.807, 2.05) is 0 Å². The van der Waals surface area contributed by atoms with Crippen LogP contribution >= 0.6 is 34.5 Å². The third-order valence-electron chi connectivity index (χ3n) is 3.26. The number of carbonyl (C=O) groups excluding carboxylic acids is 2. The van der Waals surface area contributed by atoms with Crippen LogP contribution in [0, 0.1) is 6.92 Å². The maximum Gasteiger partial charge on any atom is 0.338 e. The van der Waals surface area contributed by atoms with E-state index < -0.39 is 18.5 Å². The third kappa shape index (κ3) is 4.07. The van der Waals surface area contributed by atoms with Crippen LogP contribution in [-0.2, 0) is 9.53 Å². The Morgan fingerprint density at radius 2 is 2.04 bits per heavy atom. The Balaban J connectivity index is 1.62. The monoisotopic (exact) mass is 395 g/mol. The van der Waals surface area contributed by atoms with E-state index in [0.29, 0.717) is 16.3 Å². The molecule has 0 fully saturated rings. The molecule has 0 aliphatic heterocycles. The molecule has 1 N–H and O–H groups in total. The van der Waals surface area contributed by atoms with Gasteiger partial charge >= 0.3 is 5.97 Å². The number of anilines is 1. The SMILES string of the molecule is Cc1nc(NC(=O)COC(=O)c2ccc3ncsc3c2)c(Cl)cc1Cl. The molecule has 1 aromatic carbocycles. The zero-order chi connectivity index (χ0) is 18.0. The van der Waals surface area contributed by atoms with Crippen LogP contribution in [0.25, 0.3) is 10.2 Å². The molecule has 0 bridgehead atoms. The lowest BCUT2D eigenvalue weighted by molar-refractivity contribution is -0.119. The number of nitrogens with zero attached hydrogens (tertiary/aromatic N) is 2. The summed E-state index contributed by atoms with van der Waals surface area (Å²) in [5, 5.41) is 3.08. The molecule has 0 aliphatic rings. The van der Waals surface area contributed by atoms with Gasteiger partial charge in [0.1, 0.15) is 0 Å². The van der Waals surface area contributed by atoms with Gasteiger partial charge in [0.25, 0.3) is 5.91 Å². The van der Waals surface area contributed by atoms with Crippen LogP contribution in [0.15, 0.2) is 29.8 Å². The molecule has 9 heteroatoms. The van der Waals surface area contributed by atoms with Gasteiger partial charge in [-0.15, -0.1) is 11.3 Å². The van der Waals surface area contributed by atoms with E-state index in [1.165, 1.54) is 17.4 Å². The number of amides is 1. The Kier molecular flexibility index (Phi) is 5.17. The number of aromatic nitrogens is 2. The van der Waals surface area contributed by atoms with E-state index in [-0.39, 0.29) is 10.8 Å². The molecule has 0 aliphatic carbocycles. The molecule has 0 spiro atoms. The highest BCUT2D eigenvalue weighted by Gasteiger charge is 2.14. The first-order valence-corrected chi connectivity index (χ1v) is 8.70. The first-order chi connectivity index (χ1) is 11.9. The van der Waals surface area contributed by atoms with Gasteiger partial charge in [-0.2, -0.15) is 0 Å². The van der Waals surface area contributed by atoms with Crippen molar-refractivity contribution in [1.29, 1.82) is 0 Å². The Morgan fingerprint density at radius 3 is 2.84 bits per heavy atom. The summed E-state index contributed by atoms with van der Waals surface area (Å²) >= 11 is 13.3. The van der Waals surface area contributed by atoms with Crippen LogP contribution < -0.4 is 5.32 Å². The number of fused-ring (bicyclic) bond motifs is 1. The quantitative estimate of drug-likeness (QED) is 0.672. The highest BCUT2D eigenvalue weighted by Crippen LogP contribution is 2.25. The van der Waals surface area contributed by atoms with Crippen LogP contribution in [0.3, 0.4) is 0 Å². The molecule has 3 rings (SSSR count). The molecule has 0 radical (unpaired) electrons. The number of benzene rings is 1. The molecule has 0 atom stereocenters. The zero-order valence-electron chi connectivity index (χ0n) is 12.9. The van der Waals surface area contributed by atoms with Gasteiger partial charge < -0.3 is 10.1 Å². The molecule has 2 aromatic heterocycles. The summed E-state index contributed by atoms with van der Waals surface area (Å²) in [5.41, 5.74) is 3.37. The molecule has 1 amide bonds. The highest BCUT2D eigenvalue weighted by molar-refractivity contribution is 7.16. The Morgan fingerprint density at radius 1 is 1.24 bits per heavy atom. The fourth-order valence-corrected chi connectivity index (χ4v) is 3.13. The normalized spacial score (nSPS) is 10.7. The van der Waals surface area contributed by atoms with E-state index in [4.69, 9.17) is 27.9 Å². The molecule has 25 heavy (non-hydrogen) atoms. The number of rotatable bonds is 4. The number of thiazole rings is 1. The number of hydrogen-bond donors (Lipinski definition) is 1. The zero-order valence-corrected chi connectivity index (χ0v) is 15.2. The number of carbonyl (C=O) groups is 2. The number of pyridine rings is 1. The molecule has 2 heterocycles. The lowest BCUT2D eigenvalue weighted by Gasteiger charge is -2.09. The average molecular weight is 396 g/mol. The number of nitrogens with one attached hydrogen (secondary N) is 1. The number of aryl methyl sites for hydroxylation is 1. The Labute approximate surface area is 156 Å². The minimum Gasteiger partial charge on any atom is -0.452 e. The summed E-state index contributed by atoms with van der Waals surface area (Å²) in [6.45, 7) is 1.23. The van der Waals surface area contributed by atoms with Gasteiger partial charge in [-0.25, -0.2) is 14.8 Å². The van der Waals surface area contributed by atoms with Crippen molar-refractivity contribution in [3.8, 4) is 0 Å². The third-order valence-corrected chi connectivity index (χ3v) is 4.73. The van der Waals surface area contributed by atoms with Crippen molar-refractivity contribution in [2.75, 3.05) is 11.9 Å². The van der Waals surface area contributed by atoms with Crippen molar-refractivity contribution >= 4 is 62.4 Å². The van der Waals surface area contributed by atoms with E-state index in [9.17, 15) is 9.59 Å². The topological polar surface area (TPSA) is 81.2 Å². The predicted molar refractivity (Wildman–Crippen MR) is 97.5 cm³/mol. The fourth-order valence-electron chi connectivity index (χ4n) is 2.01. The lowest BCUT2D eigenvalue weighted by atomic mass is 10.2. The van der Waals surface area contributed by atoms with Gasteiger partial charge in [0.2, 0.25) is 0 Å². The van der Waals surface area contributed by atoms with Crippen molar-refractivity contribution in [3.05, 3.63) is 51.1 Å². The Hall–Kier alpha value is -2.22. The van der Waals surface area contributed by atoms with E-state index in [2.05, 4.69) is 15.3 Å². The van der Waals surface area contributed by atoms with Gasteiger partial charge in [0.15, 0.2) is 12.4 Å². The number of ether oxygens (including phenoxy) is 1. The second-order valence-electron chi connectivity index (χ2n) is 5.05. The first kappa shape index (κ1) is 17.6. The predicted octanol–water partition coefficient (Wildman–Crippen LogP) is 4.10. The number of hydrogen-bond acceptors (Lipinski definition) is 6. The second kappa shape index (κ2) is 7.35. The smallest absolute Gasteiger partial charge is 0.338 e. The molecule has 0 saturated heterocycles. The maximum atomic E-state index is 12.1. The summed E-state index contributed by atoms with van der Waals surface area (Å²) in [6.07, 6.45) is 0. The largest absolute Gasteiger partial charge is 0.452 e. The molecule has 0 saturated carbocycles. The standard InChI is InChI=1S/C16H11Cl2N3O3S/c1-8-10(17)5-11(18)15(20-8)21-14(22)6-24-16(23)9-2-3-12-13(4-9)25-7-19-12/h2-5,7H,6H2,1H3,(H,20,21,22). The van der Waals surface area contributed by atoms with Crippen LogP contribution in [0.2, 0.25) is 10.0 Å². The molecule has 128 valence electrons. The average Bonchev–Trinajstić information content (AvgIpc) is 3.05. The van der Waals surface area contributed by atoms with Crippen molar-refractivity contribution in [1.82, 2.24) is 9.97 Å². The number of halogens is 2. The lowest BCUT2D eigenvalue weighted by Crippen LogP contribution is -2.21. The summed E-state index contributed by atoms with van der Waals surface area (Å²) < 4.78 is 5.88. The first-order valence-electron chi connectivity index (χ1n) is 7.07. The number of esters is 1. The highest BCUT2D eigenvalue weighted by atomic mass is 35.5. The molecule has 3 aromatic rings. The fraction of sp³-hybridized carbons (Fsp3) is 0.125. The summed E-state index contributed by atoms with van der Waals surface area (Å²) in [4.78, 5) is 32.2. The molecular formula is C16H11Cl2N3O3S. The van der Waals surface area contributed by atoms with Crippen molar-refractivity contribution < 1.29 is 14.3 Å². The minimum atomic E-state index is -0.600. The second-order valence-corrected chi connectivity index (χ2v) is 6.75. The van der Waals surface area contributed by atoms with Gasteiger partial charge in [0, 0.05) is 0 Å². The summed E-state index contributed by atoms with van der Waals surface area (Å²) in [7, 11) is 0. The van der Waals surface area contributed by atoms with Crippen LogP contribution in [0.4, 0.5) is 5.82 Å². The van der Waals surface area contributed by atoms with Crippen molar-refractivity contribution in [2.45, 2.75) is 6.92 Å². The van der Waals surface area contributed by atoms with Crippen LogP contribution in [-0.4, -0.2) is 28.5 Å². The van der Waals surface area contributed by atoms with Crippen LogP contribution in [0.1, 0.15) is 16.1 Å². The van der Waals surface area contributed by atoms with Crippen molar-refractivity contribution in [3.63, 3.8) is 0 Å². The minimum absolute atomic E-state index is 0.163. The van der Waals surface area contributed by atoms with Gasteiger partial charge in [0.05, 0.1) is 37.0 Å². The van der Waals surface area contributed by atoms with E-state index >= 15 is 0 Å². The molecule has 0 unspecified atom stereocenters. The van der Waals surface area contributed by atoms with Crippen molar-refractivity contribution in [2.24, 2.45) is 0 Å².